The minimum absolute atomic E-state index is 0.0519. The Bertz CT molecular complexity index is 1090. The molecule has 0 amide bonds. The molecule has 1 aromatic carbocycles. The van der Waals surface area contributed by atoms with Crippen molar-refractivity contribution in [3.05, 3.63) is 52.6 Å². The minimum Gasteiger partial charge on any atom is -0.424 e. The van der Waals surface area contributed by atoms with Gasteiger partial charge in [-0.05, 0) is 12.1 Å². The van der Waals surface area contributed by atoms with E-state index in [1.54, 1.807) is 24.3 Å². The Labute approximate surface area is 179 Å². The van der Waals surface area contributed by atoms with Crippen LogP contribution in [0, 0.1) is 0 Å². The van der Waals surface area contributed by atoms with Crippen LogP contribution in [-0.4, -0.2) is 50.6 Å². The van der Waals surface area contributed by atoms with Crippen molar-refractivity contribution in [2.45, 2.75) is 37.1 Å². The molecule has 14 heteroatoms. The quantitative estimate of drug-likeness (QED) is 0.533. The number of hydrogen-bond donors (Lipinski definition) is 3. The van der Waals surface area contributed by atoms with E-state index in [0.29, 0.717) is 11.3 Å². The number of rotatable bonds is 5. The average molecular weight is 477 g/mol. The van der Waals surface area contributed by atoms with Gasteiger partial charge in [0.2, 0.25) is 0 Å². The summed E-state index contributed by atoms with van der Waals surface area (Å²) in [6.07, 6.45) is -7.89. The molecule has 31 heavy (non-hydrogen) atoms. The van der Waals surface area contributed by atoms with Crippen LogP contribution in [0.3, 0.4) is 0 Å². The summed E-state index contributed by atoms with van der Waals surface area (Å²) in [5.74, 6) is 0.288. The lowest BCUT2D eigenvalue weighted by atomic mass is 9.96. The van der Waals surface area contributed by atoms with Crippen molar-refractivity contribution in [2.24, 2.45) is 0 Å². The van der Waals surface area contributed by atoms with E-state index in [2.05, 4.69) is 4.98 Å². The molecule has 5 unspecified atom stereocenters. The number of nitrogen functional groups attached to an aromatic ring is 1. The molecule has 1 saturated heterocycles. The molecule has 1 aromatic heterocycles. The normalized spacial score (nSPS) is 32.6. The third-order valence-corrected chi connectivity index (χ3v) is 7.13. The van der Waals surface area contributed by atoms with Gasteiger partial charge in [-0.25, -0.2) is 13.6 Å². The second kappa shape index (κ2) is 8.17. The van der Waals surface area contributed by atoms with Crippen LogP contribution in [-0.2, 0) is 32.2 Å². The summed E-state index contributed by atoms with van der Waals surface area (Å²) in [5.41, 5.74) is 2.46. The fourth-order valence-corrected chi connectivity index (χ4v) is 5.08. The number of fused-ring (bicyclic) bond motifs is 1. The largest absolute Gasteiger partial charge is 0.424 e. The maximum Gasteiger partial charge on any atom is 0.381 e. The van der Waals surface area contributed by atoms with Gasteiger partial charge in [-0.15, -0.1) is 0 Å². The summed E-state index contributed by atoms with van der Waals surface area (Å²) in [4.78, 5) is 15.5. The third kappa shape index (κ3) is 3.98. The number of ether oxygens (including phenoxy) is 1. The van der Waals surface area contributed by atoms with Gasteiger partial charge in [0.15, 0.2) is 11.8 Å². The van der Waals surface area contributed by atoms with Crippen molar-refractivity contribution >= 4 is 24.3 Å². The SMILES string of the molecule is Nc1ccn(C2OC(COP3(=S)OCc4ccccc4O3)(C(F)F)C(O)C2O)c(=O)n1. The number of aromatic nitrogens is 2. The van der Waals surface area contributed by atoms with Gasteiger partial charge in [-0.3, -0.25) is 13.6 Å². The first-order chi connectivity index (χ1) is 14.7. The van der Waals surface area contributed by atoms with E-state index >= 15 is 0 Å². The first kappa shape index (κ1) is 22.2. The van der Waals surface area contributed by atoms with Crippen LogP contribution in [0.15, 0.2) is 41.3 Å². The van der Waals surface area contributed by atoms with E-state index in [9.17, 15) is 23.8 Å². The summed E-state index contributed by atoms with van der Waals surface area (Å²) in [7, 11) is 0. The van der Waals surface area contributed by atoms with Crippen LogP contribution in [0.4, 0.5) is 14.6 Å². The van der Waals surface area contributed by atoms with Crippen molar-refractivity contribution in [1.29, 1.82) is 0 Å². The van der Waals surface area contributed by atoms with Crippen LogP contribution < -0.4 is 15.9 Å². The Morgan fingerprint density at radius 2 is 2.13 bits per heavy atom. The number of benzene rings is 1. The van der Waals surface area contributed by atoms with Crippen molar-refractivity contribution < 1.29 is 37.3 Å². The van der Waals surface area contributed by atoms with Gasteiger partial charge in [0.1, 0.15) is 23.8 Å². The summed E-state index contributed by atoms with van der Waals surface area (Å²) in [6, 6.07) is 8.07. The lowest BCUT2D eigenvalue weighted by Gasteiger charge is -2.34. The summed E-state index contributed by atoms with van der Waals surface area (Å²) in [5, 5.41) is 20.8. The van der Waals surface area contributed by atoms with Crippen LogP contribution in [0.25, 0.3) is 0 Å². The number of nitrogens with two attached hydrogens (primary N) is 1. The predicted octanol–water partition coefficient (Wildman–Crippen LogP) is 0.930. The molecule has 1 fully saturated rings. The number of anilines is 1. The number of hydrogen-bond acceptors (Lipinski definition) is 10. The first-order valence-corrected chi connectivity index (χ1v) is 11.5. The van der Waals surface area contributed by atoms with Crippen molar-refractivity contribution in [1.82, 2.24) is 9.55 Å². The predicted molar refractivity (Wildman–Crippen MR) is 106 cm³/mol. The molecule has 2 aliphatic heterocycles. The van der Waals surface area contributed by atoms with Crippen LogP contribution in [0.1, 0.15) is 11.8 Å². The smallest absolute Gasteiger partial charge is 0.381 e. The Hall–Kier alpha value is -1.99. The van der Waals surface area contributed by atoms with Gasteiger partial charge in [-0.1, -0.05) is 18.2 Å². The molecular weight excluding hydrogens is 459 g/mol. The van der Waals surface area contributed by atoms with E-state index < -0.39 is 49.5 Å². The number of alkyl halides is 2. The topological polar surface area (TPSA) is 138 Å². The summed E-state index contributed by atoms with van der Waals surface area (Å²) < 4.78 is 50.7. The maximum absolute atomic E-state index is 14.1. The average Bonchev–Trinajstić information content (AvgIpc) is 2.98. The van der Waals surface area contributed by atoms with Crippen molar-refractivity contribution in [3.8, 4) is 5.75 Å². The molecular formula is C17H18F2N3O7PS. The van der Waals surface area contributed by atoms with Crippen molar-refractivity contribution in [2.75, 3.05) is 12.3 Å². The van der Waals surface area contributed by atoms with Crippen LogP contribution in [0.2, 0.25) is 0 Å². The first-order valence-electron chi connectivity index (χ1n) is 8.98. The monoisotopic (exact) mass is 477 g/mol. The lowest BCUT2D eigenvalue weighted by Crippen LogP contribution is -2.52. The molecule has 2 aromatic rings. The van der Waals surface area contributed by atoms with Gasteiger partial charge in [0.25, 0.3) is 6.43 Å². The van der Waals surface area contributed by atoms with E-state index in [1.165, 1.54) is 6.07 Å². The zero-order valence-electron chi connectivity index (χ0n) is 15.7. The fourth-order valence-electron chi connectivity index (χ4n) is 3.26. The molecule has 5 atom stereocenters. The Kier molecular flexibility index (Phi) is 5.85. The van der Waals surface area contributed by atoms with Crippen LogP contribution in [0.5, 0.6) is 5.75 Å². The van der Waals surface area contributed by atoms with E-state index in [1.807, 2.05) is 0 Å². The number of aliphatic hydroxyl groups is 2. The molecule has 0 bridgehead atoms. The maximum atomic E-state index is 14.1. The van der Waals surface area contributed by atoms with E-state index in [-0.39, 0.29) is 12.4 Å². The van der Waals surface area contributed by atoms with Gasteiger partial charge >= 0.3 is 12.4 Å². The second-order valence-electron chi connectivity index (χ2n) is 6.93. The summed E-state index contributed by atoms with van der Waals surface area (Å²) in [6.45, 7) is -4.42. The van der Waals surface area contributed by atoms with Crippen molar-refractivity contribution in [3.63, 3.8) is 0 Å². The lowest BCUT2D eigenvalue weighted by molar-refractivity contribution is -0.193. The van der Waals surface area contributed by atoms with Gasteiger partial charge in [0, 0.05) is 23.6 Å². The Balaban J connectivity index is 1.58. The molecule has 0 radical (unpaired) electrons. The molecule has 10 nitrogen and oxygen atoms in total. The molecule has 168 valence electrons. The highest BCUT2D eigenvalue weighted by atomic mass is 32.5. The number of nitrogens with zero attached hydrogens (tertiary/aromatic N) is 2. The molecule has 0 aliphatic carbocycles. The van der Waals surface area contributed by atoms with Gasteiger partial charge in [0.05, 0.1) is 13.2 Å². The Morgan fingerprint density at radius 1 is 1.39 bits per heavy atom. The zero-order valence-corrected chi connectivity index (χ0v) is 17.4. The highest BCUT2D eigenvalue weighted by molar-refractivity contribution is 8.07. The highest BCUT2D eigenvalue weighted by Crippen LogP contribution is 2.56. The fraction of sp³-hybridized carbons (Fsp3) is 0.412. The van der Waals surface area contributed by atoms with E-state index in [4.69, 9.17) is 35.8 Å². The Morgan fingerprint density at radius 3 is 2.84 bits per heavy atom. The molecule has 4 N–H and O–H groups in total. The number of aliphatic hydroxyl groups excluding tert-OH is 2. The molecule has 0 spiro atoms. The zero-order chi connectivity index (χ0) is 22.4. The molecule has 0 saturated carbocycles. The third-order valence-electron chi connectivity index (χ3n) is 4.96. The standard InChI is InChI=1S/C17H18F2N3O7PS/c18-15(19)17(8-27-30(31)26-7-9-3-1-2-4-10(9)29-30)13(24)12(23)14(28-17)22-6-5-11(20)21-16(22)25/h1-6,12-15,23-24H,7-8H2,(H2,20,21,25). The van der Waals surface area contributed by atoms with Gasteiger partial charge < -0.3 is 25.2 Å². The number of halogens is 2. The molecule has 4 rings (SSSR count). The molecule has 3 heterocycles. The minimum atomic E-state index is -3.50. The summed E-state index contributed by atoms with van der Waals surface area (Å²) >= 11 is 5.25. The number of para-hydroxylation sites is 1. The van der Waals surface area contributed by atoms with E-state index in [0.717, 1.165) is 10.8 Å². The van der Waals surface area contributed by atoms with Crippen LogP contribution >= 0.6 is 6.72 Å². The second-order valence-corrected chi connectivity index (χ2v) is 9.87. The van der Waals surface area contributed by atoms with Gasteiger partial charge in [-0.2, -0.15) is 4.98 Å². The highest BCUT2D eigenvalue weighted by Gasteiger charge is 2.61. The molecule has 2 aliphatic rings.